The van der Waals surface area contributed by atoms with E-state index >= 15 is 0 Å². The number of para-hydroxylation sites is 1. The summed E-state index contributed by atoms with van der Waals surface area (Å²) in [5.41, 5.74) is 4.62. The molecule has 0 aliphatic heterocycles. The number of amides is 2. The number of nitrogens with one attached hydrogen (secondary N) is 2. The second-order valence-electron chi connectivity index (χ2n) is 6.25. The van der Waals surface area contributed by atoms with Gasteiger partial charge < -0.3 is 9.47 Å². The number of ether oxygens (including phenoxy) is 2. The third-order valence-corrected chi connectivity index (χ3v) is 4.09. The predicted octanol–water partition coefficient (Wildman–Crippen LogP) is 3.13. The van der Waals surface area contributed by atoms with Crippen molar-refractivity contribution < 1.29 is 24.0 Å². The number of hydrogen-bond donors (Lipinski definition) is 2. The van der Waals surface area contributed by atoms with Gasteiger partial charge >= 0.3 is 0 Å². The Morgan fingerprint density at radius 2 is 1.32 bits per heavy atom. The number of hydrogen-bond acceptors (Lipinski definition) is 6. The SMILES string of the molecule is O=C(NNC(=O)c1cccc([N+](=O)[O-])c1)c1ccc(OCCOc2ccccc2)cc1. The maximum absolute atomic E-state index is 12.2. The molecule has 0 radical (unpaired) electrons. The van der Waals surface area contributed by atoms with Gasteiger partial charge in [0, 0.05) is 23.3 Å². The van der Waals surface area contributed by atoms with Crippen LogP contribution in [0.1, 0.15) is 20.7 Å². The van der Waals surface area contributed by atoms with Crippen molar-refractivity contribution in [2.45, 2.75) is 0 Å². The number of carbonyl (C=O) groups is 2. The minimum absolute atomic E-state index is 0.0518. The van der Waals surface area contributed by atoms with Crippen LogP contribution in [0.2, 0.25) is 0 Å². The van der Waals surface area contributed by atoms with Crippen molar-refractivity contribution >= 4 is 17.5 Å². The van der Waals surface area contributed by atoms with Crippen LogP contribution >= 0.6 is 0 Å². The highest BCUT2D eigenvalue weighted by atomic mass is 16.6. The fourth-order valence-corrected chi connectivity index (χ4v) is 2.56. The van der Waals surface area contributed by atoms with Gasteiger partial charge in [0.1, 0.15) is 24.7 Å². The van der Waals surface area contributed by atoms with Crippen LogP contribution in [-0.4, -0.2) is 30.0 Å². The molecule has 0 atom stereocenters. The molecule has 0 saturated heterocycles. The Kier molecular flexibility index (Phi) is 7.15. The zero-order valence-electron chi connectivity index (χ0n) is 16.3. The van der Waals surface area contributed by atoms with E-state index < -0.39 is 16.7 Å². The van der Waals surface area contributed by atoms with Crippen LogP contribution in [0.4, 0.5) is 5.69 Å². The summed E-state index contributed by atoms with van der Waals surface area (Å²) in [6, 6.07) is 20.9. The summed E-state index contributed by atoms with van der Waals surface area (Å²) >= 11 is 0. The summed E-state index contributed by atoms with van der Waals surface area (Å²) in [6.45, 7) is 0.704. The van der Waals surface area contributed by atoms with Crippen molar-refractivity contribution in [3.8, 4) is 11.5 Å². The van der Waals surface area contributed by atoms with Crippen molar-refractivity contribution in [3.63, 3.8) is 0 Å². The maximum atomic E-state index is 12.2. The average Bonchev–Trinajstić information content (AvgIpc) is 2.81. The molecule has 0 fully saturated rings. The minimum Gasteiger partial charge on any atom is -0.490 e. The van der Waals surface area contributed by atoms with Crippen LogP contribution in [0, 0.1) is 10.1 Å². The van der Waals surface area contributed by atoms with E-state index in [4.69, 9.17) is 9.47 Å². The predicted molar refractivity (Wildman–Crippen MR) is 112 cm³/mol. The van der Waals surface area contributed by atoms with Crippen molar-refractivity contribution in [3.05, 3.63) is 100 Å². The lowest BCUT2D eigenvalue weighted by Gasteiger charge is -2.10. The largest absolute Gasteiger partial charge is 0.490 e. The van der Waals surface area contributed by atoms with Gasteiger partial charge in [-0.05, 0) is 42.5 Å². The normalized spacial score (nSPS) is 10.1. The van der Waals surface area contributed by atoms with E-state index in [1.54, 1.807) is 24.3 Å². The lowest BCUT2D eigenvalue weighted by atomic mass is 10.2. The van der Waals surface area contributed by atoms with Crippen LogP contribution in [0.3, 0.4) is 0 Å². The van der Waals surface area contributed by atoms with Crippen LogP contribution in [0.25, 0.3) is 0 Å². The number of benzene rings is 3. The molecule has 0 spiro atoms. The highest BCUT2D eigenvalue weighted by molar-refractivity contribution is 5.99. The zero-order chi connectivity index (χ0) is 22.1. The van der Waals surface area contributed by atoms with E-state index in [0.29, 0.717) is 24.5 Å². The third kappa shape index (κ3) is 6.29. The molecule has 0 aromatic heterocycles. The van der Waals surface area contributed by atoms with Crippen LogP contribution in [0.5, 0.6) is 11.5 Å². The monoisotopic (exact) mass is 421 g/mol. The number of nitro groups is 1. The Hall–Kier alpha value is -4.40. The first-order valence-corrected chi connectivity index (χ1v) is 9.29. The molecule has 0 aliphatic carbocycles. The van der Waals surface area contributed by atoms with E-state index in [9.17, 15) is 19.7 Å². The van der Waals surface area contributed by atoms with Crippen LogP contribution < -0.4 is 20.3 Å². The Morgan fingerprint density at radius 3 is 1.94 bits per heavy atom. The molecule has 0 heterocycles. The number of nitro benzene ring substituents is 1. The van der Waals surface area contributed by atoms with Crippen LogP contribution in [-0.2, 0) is 0 Å². The molecular formula is C22H19N3O6. The van der Waals surface area contributed by atoms with Gasteiger partial charge in [0.15, 0.2) is 0 Å². The summed E-state index contributed by atoms with van der Waals surface area (Å²) in [7, 11) is 0. The Balaban J connectivity index is 1.45. The van der Waals surface area contributed by atoms with E-state index in [2.05, 4.69) is 10.9 Å². The molecule has 158 valence electrons. The van der Waals surface area contributed by atoms with E-state index in [1.807, 2.05) is 30.3 Å². The van der Waals surface area contributed by atoms with E-state index in [-0.39, 0.29) is 11.3 Å². The average molecular weight is 421 g/mol. The molecule has 9 heteroatoms. The second-order valence-corrected chi connectivity index (χ2v) is 6.25. The number of hydrazine groups is 1. The molecule has 3 aromatic carbocycles. The molecule has 3 rings (SSSR count). The first kappa shape index (κ1) is 21.3. The summed E-state index contributed by atoms with van der Waals surface area (Å²) in [6.07, 6.45) is 0. The highest BCUT2D eigenvalue weighted by Gasteiger charge is 2.13. The fraction of sp³-hybridized carbons (Fsp3) is 0.0909. The quantitative estimate of drug-likeness (QED) is 0.328. The van der Waals surface area contributed by atoms with Crippen molar-refractivity contribution in [2.75, 3.05) is 13.2 Å². The van der Waals surface area contributed by atoms with E-state index in [0.717, 1.165) is 11.8 Å². The Labute approximate surface area is 177 Å². The molecule has 0 bridgehead atoms. The molecule has 0 saturated carbocycles. The molecule has 2 amide bonds. The number of nitrogens with zero attached hydrogens (tertiary/aromatic N) is 1. The van der Waals surface area contributed by atoms with Gasteiger partial charge in [-0.15, -0.1) is 0 Å². The van der Waals surface area contributed by atoms with Gasteiger partial charge in [-0.1, -0.05) is 24.3 Å². The third-order valence-electron chi connectivity index (χ3n) is 4.09. The fourth-order valence-electron chi connectivity index (χ4n) is 2.56. The Morgan fingerprint density at radius 1 is 0.742 bits per heavy atom. The molecular weight excluding hydrogens is 402 g/mol. The van der Waals surface area contributed by atoms with Gasteiger partial charge in [0.05, 0.1) is 4.92 Å². The summed E-state index contributed by atoms with van der Waals surface area (Å²) in [5.74, 6) is 0.104. The van der Waals surface area contributed by atoms with Gasteiger partial charge in [-0.3, -0.25) is 30.6 Å². The molecule has 2 N–H and O–H groups in total. The lowest BCUT2D eigenvalue weighted by Crippen LogP contribution is -2.41. The topological polar surface area (TPSA) is 120 Å². The molecule has 0 aliphatic rings. The van der Waals surface area contributed by atoms with Crippen molar-refractivity contribution in [1.82, 2.24) is 10.9 Å². The number of rotatable bonds is 8. The maximum Gasteiger partial charge on any atom is 0.270 e. The van der Waals surface area contributed by atoms with Gasteiger partial charge in [0.25, 0.3) is 17.5 Å². The van der Waals surface area contributed by atoms with Crippen molar-refractivity contribution in [1.29, 1.82) is 0 Å². The molecule has 3 aromatic rings. The molecule has 9 nitrogen and oxygen atoms in total. The molecule has 31 heavy (non-hydrogen) atoms. The first-order chi connectivity index (χ1) is 15.0. The standard InChI is InChI=1S/C22H19N3O6/c26-21(23-24-22(27)17-5-4-6-18(15-17)25(28)29)16-9-11-20(12-10-16)31-14-13-30-19-7-2-1-3-8-19/h1-12,15H,13-14H2,(H,23,26)(H,24,27). The lowest BCUT2D eigenvalue weighted by molar-refractivity contribution is -0.384. The first-order valence-electron chi connectivity index (χ1n) is 9.29. The number of non-ortho nitro benzene ring substituents is 1. The summed E-state index contributed by atoms with van der Waals surface area (Å²) < 4.78 is 11.1. The second kappa shape index (κ2) is 10.4. The van der Waals surface area contributed by atoms with Gasteiger partial charge in [-0.2, -0.15) is 0 Å². The Bertz CT molecular complexity index is 1050. The molecule has 0 unspecified atom stereocenters. The minimum atomic E-state index is -0.671. The number of carbonyl (C=O) groups excluding carboxylic acids is 2. The van der Waals surface area contributed by atoms with Crippen molar-refractivity contribution in [2.24, 2.45) is 0 Å². The summed E-state index contributed by atoms with van der Waals surface area (Å²) in [4.78, 5) is 34.5. The van der Waals surface area contributed by atoms with Crippen LogP contribution in [0.15, 0.2) is 78.9 Å². The highest BCUT2D eigenvalue weighted by Crippen LogP contribution is 2.14. The summed E-state index contributed by atoms with van der Waals surface area (Å²) in [5, 5.41) is 10.8. The van der Waals surface area contributed by atoms with E-state index in [1.165, 1.54) is 18.2 Å². The van der Waals surface area contributed by atoms with Gasteiger partial charge in [0.2, 0.25) is 0 Å². The smallest absolute Gasteiger partial charge is 0.270 e. The van der Waals surface area contributed by atoms with Gasteiger partial charge in [-0.25, -0.2) is 0 Å². The zero-order valence-corrected chi connectivity index (χ0v) is 16.3.